The van der Waals surface area contributed by atoms with Crippen molar-refractivity contribution < 1.29 is 18.7 Å². The molecular formula is C20H26N2O4. The fourth-order valence-electron chi connectivity index (χ4n) is 2.57. The number of likely N-dealkylation sites (N-methyl/N-ethyl adjacent to an activating group) is 1. The molecule has 0 radical (unpaired) electrons. The van der Waals surface area contributed by atoms with Crippen molar-refractivity contribution in [3.63, 3.8) is 0 Å². The molecule has 1 N–H and O–H groups in total. The Morgan fingerprint density at radius 1 is 1.19 bits per heavy atom. The third-order valence-corrected chi connectivity index (χ3v) is 3.91. The molecule has 0 aliphatic heterocycles. The number of benzene rings is 1. The van der Waals surface area contributed by atoms with Gasteiger partial charge in [-0.3, -0.25) is 9.59 Å². The van der Waals surface area contributed by atoms with Crippen molar-refractivity contribution in [3.8, 4) is 5.75 Å². The number of nitrogens with one attached hydrogen (secondary N) is 1. The molecule has 0 fully saturated rings. The van der Waals surface area contributed by atoms with E-state index >= 15 is 0 Å². The summed E-state index contributed by atoms with van der Waals surface area (Å²) in [5, 5.41) is 2.73. The number of aryl methyl sites for hydroxylation is 2. The van der Waals surface area contributed by atoms with Gasteiger partial charge in [0.2, 0.25) is 5.91 Å². The minimum Gasteiger partial charge on any atom is -0.492 e. The molecule has 2 rings (SSSR count). The zero-order chi connectivity index (χ0) is 18.9. The molecule has 1 heterocycles. The number of hydrogen-bond acceptors (Lipinski definition) is 4. The van der Waals surface area contributed by atoms with Crippen molar-refractivity contribution in [1.82, 2.24) is 10.2 Å². The quantitative estimate of drug-likeness (QED) is 0.700. The summed E-state index contributed by atoms with van der Waals surface area (Å²) in [7, 11) is 1.76. The summed E-state index contributed by atoms with van der Waals surface area (Å²) in [5.41, 5.74) is 2.31. The molecule has 0 saturated carbocycles. The van der Waals surface area contributed by atoms with Crippen LogP contribution in [0.1, 0.15) is 34.5 Å². The van der Waals surface area contributed by atoms with Gasteiger partial charge in [-0.15, -0.1) is 0 Å². The first-order valence-electron chi connectivity index (χ1n) is 8.72. The number of ether oxygens (including phenoxy) is 1. The maximum atomic E-state index is 12.1. The zero-order valence-corrected chi connectivity index (χ0v) is 15.6. The van der Waals surface area contributed by atoms with E-state index in [9.17, 15) is 9.59 Å². The largest absolute Gasteiger partial charge is 0.492 e. The van der Waals surface area contributed by atoms with Crippen LogP contribution in [0.3, 0.4) is 0 Å². The second-order valence-electron chi connectivity index (χ2n) is 6.32. The van der Waals surface area contributed by atoms with Crippen LogP contribution in [0.2, 0.25) is 0 Å². The molecular weight excluding hydrogens is 332 g/mol. The summed E-state index contributed by atoms with van der Waals surface area (Å²) in [6, 6.07) is 9.32. The van der Waals surface area contributed by atoms with E-state index in [1.165, 1.54) is 6.26 Å². The Labute approximate surface area is 154 Å². The third kappa shape index (κ3) is 6.27. The van der Waals surface area contributed by atoms with E-state index in [2.05, 4.69) is 11.4 Å². The smallest absolute Gasteiger partial charge is 0.286 e. The van der Waals surface area contributed by atoms with Crippen LogP contribution < -0.4 is 10.1 Å². The van der Waals surface area contributed by atoms with Crippen LogP contribution in [0, 0.1) is 13.8 Å². The maximum absolute atomic E-state index is 12.1. The van der Waals surface area contributed by atoms with Gasteiger partial charge in [0.05, 0.1) is 12.8 Å². The zero-order valence-electron chi connectivity index (χ0n) is 15.6. The first-order chi connectivity index (χ1) is 12.5. The maximum Gasteiger partial charge on any atom is 0.286 e. The fraction of sp³-hybridized carbons (Fsp3) is 0.400. The molecule has 0 saturated heterocycles. The average molecular weight is 358 g/mol. The number of hydrogen-bond donors (Lipinski definition) is 1. The van der Waals surface area contributed by atoms with Crippen LogP contribution in [0.25, 0.3) is 0 Å². The Hall–Kier alpha value is -2.76. The molecule has 2 aromatic rings. The lowest BCUT2D eigenvalue weighted by Gasteiger charge is -2.18. The molecule has 1 aromatic carbocycles. The summed E-state index contributed by atoms with van der Waals surface area (Å²) < 4.78 is 10.7. The highest BCUT2D eigenvalue weighted by molar-refractivity contribution is 5.91. The Kier molecular flexibility index (Phi) is 7.26. The van der Waals surface area contributed by atoms with Crippen LogP contribution in [0.15, 0.2) is 41.0 Å². The van der Waals surface area contributed by atoms with E-state index in [4.69, 9.17) is 9.15 Å². The van der Waals surface area contributed by atoms with E-state index < -0.39 is 0 Å². The highest BCUT2D eigenvalue weighted by atomic mass is 16.5. The molecule has 6 heteroatoms. The van der Waals surface area contributed by atoms with Crippen LogP contribution in [-0.4, -0.2) is 43.5 Å². The van der Waals surface area contributed by atoms with Gasteiger partial charge in [-0.1, -0.05) is 6.07 Å². The van der Waals surface area contributed by atoms with Gasteiger partial charge in [-0.2, -0.15) is 0 Å². The van der Waals surface area contributed by atoms with Gasteiger partial charge in [-0.25, -0.2) is 0 Å². The van der Waals surface area contributed by atoms with E-state index in [0.717, 1.165) is 16.9 Å². The topological polar surface area (TPSA) is 71.8 Å². The monoisotopic (exact) mass is 358 g/mol. The SMILES string of the molecule is Cc1cc(C)cc(OCCN(C)C(=O)CCCNC(=O)c2ccco2)c1. The lowest BCUT2D eigenvalue weighted by Crippen LogP contribution is -2.32. The van der Waals surface area contributed by atoms with Crippen molar-refractivity contribution in [2.45, 2.75) is 26.7 Å². The Bertz CT molecular complexity index is 705. The van der Waals surface area contributed by atoms with Crippen molar-refractivity contribution >= 4 is 11.8 Å². The van der Waals surface area contributed by atoms with Crippen molar-refractivity contribution in [3.05, 3.63) is 53.5 Å². The summed E-state index contributed by atoms with van der Waals surface area (Å²) in [6.45, 7) is 5.45. The molecule has 0 unspecified atom stereocenters. The summed E-state index contributed by atoms with van der Waals surface area (Å²) in [6.07, 6.45) is 2.40. The van der Waals surface area contributed by atoms with E-state index in [1.807, 2.05) is 26.0 Å². The second kappa shape index (κ2) is 9.65. The lowest BCUT2D eigenvalue weighted by molar-refractivity contribution is -0.130. The van der Waals surface area contributed by atoms with Gasteiger partial charge in [0, 0.05) is 20.0 Å². The normalized spacial score (nSPS) is 10.4. The molecule has 6 nitrogen and oxygen atoms in total. The summed E-state index contributed by atoms with van der Waals surface area (Å²) in [4.78, 5) is 25.4. The number of amides is 2. The molecule has 0 spiro atoms. The van der Waals surface area contributed by atoms with Gasteiger partial charge in [0.25, 0.3) is 5.91 Å². The minimum absolute atomic E-state index is 0.0290. The number of carbonyl (C=O) groups is 2. The second-order valence-corrected chi connectivity index (χ2v) is 6.32. The van der Waals surface area contributed by atoms with Gasteiger partial charge in [0.15, 0.2) is 5.76 Å². The first-order valence-corrected chi connectivity index (χ1v) is 8.72. The average Bonchev–Trinajstić information content (AvgIpc) is 3.12. The predicted molar refractivity (Wildman–Crippen MR) is 99.3 cm³/mol. The molecule has 0 atom stereocenters. The Balaban J connectivity index is 1.62. The standard InChI is InChI=1S/C20H26N2O4/c1-15-12-16(2)14-17(13-15)25-11-9-22(3)19(23)7-4-8-21-20(24)18-6-5-10-26-18/h5-6,10,12-14H,4,7-9,11H2,1-3H3,(H,21,24). The highest BCUT2D eigenvalue weighted by Gasteiger charge is 2.10. The van der Waals surface area contributed by atoms with Crippen molar-refractivity contribution in [1.29, 1.82) is 0 Å². The van der Waals surface area contributed by atoms with Crippen LogP contribution in [0.4, 0.5) is 0 Å². The fourth-order valence-corrected chi connectivity index (χ4v) is 2.57. The van der Waals surface area contributed by atoms with Gasteiger partial charge >= 0.3 is 0 Å². The van der Waals surface area contributed by atoms with E-state index in [-0.39, 0.29) is 17.6 Å². The lowest BCUT2D eigenvalue weighted by atomic mass is 10.1. The molecule has 26 heavy (non-hydrogen) atoms. The molecule has 2 amide bonds. The number of rotatable bonds is 9. The molecule has 1 aromatic heterocycles. The minimum atomic E-state index is -0.266. The van der Waals surface area contributed by atoms with Gasteiger partial charge < -0.3 is 19.4 Å². The van der Waals surface area contributed by atoms with Gasteiger partial charge in [-0.05, 0) is 55.7 Å². The molecule has 0 aliphatic carbocycles. The van der Waals surface area contributed by atoms with Gasteiger partial charge in [0.1, 0.15) is 12.4 Å². The van der Waals surface area contributed by atoms with Crippen LogP contribution in [0.5, 0.6) is 5.75 Å². The molecule has 0 aliphatic rings. The van der Waals surface area contributed by atoms with Crippen molar-refractivity contribution in [2.75, 3.05) is 26.7 Å². The van der Waals surface area contributed by atoms with Crippen LogP contribution >= 0.6 is 0 Å². The van der Waals surface area contributed by atoms with Crippen LogP contribution in [-0.2, 0) is 4.79 Å². The van der Waals surface area contributed by atoms with Crippen molar-refractivity contribution in [2.24, 2.45) is 0 Å². The molecule has 140 valence electrons. The number of furan rings is 1. The number of nitrogens with zero attached hydrogens (tertiary/aromatic N) is 1. The number of carbonyl (C=O) groups excluding carboxylic acids is 2. The Morgan fingerprint density at radius 2 is 1.92 bits per heavy atom. The third-order valence-electron chi connectivity index (χ3n) is 3.91. The first kappa shape index (κ1) is 19.6. The van der Waals surface area contributed by atoms with E-state index in [1.54, 1.807) is 24.1 Å². The Morgan fingerprint density at radius 3 is 2.58 bits per heavy atom. The molecule has 0 bridgehead atoms. The van der Waals surface area contributed by atoms with E-state index in [0.29, 0.717) is 32.5 Å². The summed E-state index contributed by atoms with van der Waals surface area (Å²) >= 11 is 0. The summed E-state index contributed by atoms with van der Waals surface area (Å²) in [5.74, 6) is 0.861. The highest BCUT2D eigenvalue weighted by Crippen LogP contribution is 2.16. The predicted octanol–water partition coefficient (Wildman–Crippen LogP) is 2.94.